The fraction of sp³-hybridized carbons (Fsp3) is 0.217. The van der Waals surface area contributed by atoms with Crippen molar-refractivity contribution in [1.82, 2.24) is 0 Å². The highest BCUT2D eigenvalue weighted by Gasteiger charge is 2.27. The van der Waals surface area contributed by atoms with E-state index in [0.29, 0.717) is 22.5 Å². The zero-order valence-corrected chi connectivity index (χ0v) is 39.5. The Morgan fingerprint density at radius 3 is 1.39 bits per heavy atom. The molecule has 5 rings (SSSR count). The zero-order chi connectivity index (χ0) is 48.2. The second kappa shape index (κ2) is 23.3. The summed E-state index contributed by atoms with van der Waals surface area (Å²) in [6.45, 7) is 7.30. The van der Waals surface area contributed by atoms with Crippen molar-refractivity contribution in [2.75, 3.05) is 21.3 Å². The predicted octanol–water partition coefficient (Wildman–Crippen LogP) is 12.4. The summed E-state index contributed by atoms with van der Waals surface area (Å²) in [5.41, 5.74) is 1.65. The van der Waals surface area contributed by atoms with E-state index in [1.165, 1.54) is 61.5 Å². The van der Waals surface area contributed by atoms with Crippen molar-refractivity contribution >= 4 is 127 Å². The molecule has 0 spiro atoms. The van der Waals surface area contributed by atoms with Gasteiger partial charge in [-0.25, -0.2) is 0 Å². The number of alkyl halides is 3. The molecule has 4 amide bonds. The molecule has 0 heterocycles. The van der Waals surface area contributed by atoms with E-state index >= 15 is 0 Å². The van der Waals surface area contributed by atoms with E-state index < -0.39 is 58.2 Å². The molecule has 20 heteroatoms. The standard InChI is InChI=1S/C46H41Cl5N8O7/c1-23(47)29-12-6-8-16-33(29)53-43(62)31-14-10-18-36(39(31)50)56-58-41(25(3)60)45(64)52-28-20-21-35(38(22-28)66-27(5)49)55-46(65)42(26(4)61)59-57-37-19-11-15-32(40(37)51)44(63)54-34-17-9-7-13-30(34)24(2)48/h6-24,27,41-42H,1-5H3,(H,52,64)(H,53,62)(H,54,63)(H,55,65). The summed E-state index contributed by atoms with van der Waals surface area (Å²) in [5.74, 6) is -4.32. The minimum absolute atomic E-state index is 0.00455. The Balaban J connectivity index is 1.30. The largest absolute Gasteiger partial charge is 0.473 e. The monoisotopic (exact) mass is 992 g/mol. The number of carbonyl (C=O) groups is 6. The highest BCUT2D eigenvalue weighted by Crippen LogP contribution is 2.35. The summed E-state index contributed by atoms with van der Waals surface area (Å²) < 4.78 is 5.70. The minimum atomic E-state index is -1.68. The number of azo groups is 2. The number of carbonyl (C=O) groups excluding carboxylic acids is 6. The van der Waals surface area contributed by atoms with Gasteiger partial charge >= 0.3 is 0 Å². The van der Waals surface area contributed by atoms with Gasteiger partial charge in [0.1, 0.15) is 17.1 Å². The average Bonchev–Trinajstić information content (AvgIpc) is 3.25. The summed E-state index contributed by atoms with van der Waals surface area (Å²) in [6, 6.07) is 23.6. The smallest absolute Gasteiger partial charge is 0.258 e. The van der Waals surface area contributed by atoms with Crippen LogP contribution in [0.2, 0.25) is 10.0 Å². The molecule has 0 saturated carbocycles. The highest BCUT2D eigenvalue weighted by molar-refractivity contribution is 6.37. The van der Waals surface area contributed by atoms with Crippen molar-refractivity contribution in [1.29, 1.82) is 0 Å². The minimum Gasteiger partial charge on any atom is -0.473 e. The maximum atomic E-state index is 13.5. The summed E-state index contributed by atoms with van der Waals surface area (Å²) >= 11 is 31.8. The van der Waals surface area contributed by atoms with Crippen LogP contribution in [0.25, 0.3) is 0 Å². The molecule has 15 nitrogen and oxygen atoms in total. The number of nitrogens with zero attached hydrogens (tertiary/aromatic N) is 4. The molecule has 5 aromatic rings. The van der Waals surface area contributed by atoms with Crippen LogP contribution in [0, 0.1) is 0 Å². The fourth-order valence-corrected chi connectivity index (χ4v) is 7.08. The van der Waals surface area contributed by atoms with Crippen molar-refractivity contribution < 1.29 is 33.5 Å². The molecule has 5 atom stereocenters. The number of hydrogen-bond donors (Lipinski definition) is 4. The topological polar surface area (TPSA) is 209 Å². The maximum absolute atomic E-state index is 13.5. The maximum Gasteiger partial charge on any atom is 0.258 e. The summed E-state index contributed by atoms with van der Waals surface area (Å²) in [5, 5.41) is 25.8. The third-order valence-corrected chi connectivity index (χ3v) is 10.7. The first-order valence-corrected chi connectivity index (χ1v) is 22.0. The third-order valence-electron chi connectivity index (χ3n) is 9.35. The van der Waals surface area contributed by atoms with Crippen molar-refractivity contribution in [3.8, 4) is 5.75 Å². The summed E-state index contributed by atoms with van der Waals surface area (Å²) in [7, 11) is 0. The number of ether oxygens (including phenoxy) is 1. The Hall–Kier alpha value is -6.23. The lowest BCUT2D eigenvalue weighted by molar-refractivity contribution is -0.127. The van der Waals surface area contributed by atoms with E-state index in [9.17, 15) is 28.8 Å². The molecule has 0 aliphatic rings. The fourth-order valence-electron chi connectivity index (χ4n) is 6.10. The van der Waals surface area contributed by atoms with E-state index in [-0.39, 0.29) is 55.0 Å². The van der Waals surface area contributed by atoms with Crippen LogP contribution in [0.4, 0.5) is 34.1 Å². The van der Waals surface area contributed by atoms with Crippen LogP contribution in [0.1, 0.15) is 77.2 Å². The number of hydrogen-bond acceptors (Lipinski definition) is 11. The molecule has 66 heavy (non-hydrogen) atoms. The number of amides is 4. The normalized spacial score (nSPS) is 13.5. The number of rotatable bonds is 18. The summed E-state index contributed by atoms with van der Waals surface area (Å²) in [4.78, 5) is 78.9. The number of anilines is 4. The molecule has 0 aliphatic carbocycles. The number of halogens is 5. The molecule has 5 aromatic carbocycles. The van der Waals surface area contributed by atoms with E-state index in [2.05, 4.69) is 41.7 Å². The lowest BCUT2D eigenvalue weighted by atomic mass is 10.1. The van der Waals surface area contributed by atoms with Crippen molar-refractivity contribution in [2.24, 2.45) is 20.5 Å². The van der Waals surface area contributed by atoms with Crippen LogP contribution in [-0.4, -0.2) is 52.8 Å². The first kappa shape index (κ1) is 50.8. The van der Waals surface area contributed by atoms with E-state index in [1.54, 1.807) is 62.4 Å². The number of benzene rings is 5. The van der Waals surface area contributed by atoms with Gasteiger partial charge in [0.05, 0.1) is 37.6 Å². The van der Waals surface area contributed by atoms with Gasteiger partial charge in [-0.2, -0.15) is 20.5 Å². The molecule has 342 valence electrons. The Labute approximate surface area is 404 Å². The Bertz CT molecular complexity index is 2730. The van der Waals surface area contributed by atoms with Crippen molar-refractivity contribution in [2.45, 2.75) is 63.0 Å². The zero-order valence-electron chi connectivity index (χ0n) is 35.7. The Morgan fingerprint density at radius 1 is 0.530 bits per heavy atom. The van der Waals surface area contributed by atoms with Crippen LogP contribution < -0.4 is 26.0 Å². The number of Topliss-reactive ketones (excluding diaryl/α,β-unsaturated/α-hetero) is 2. The van der Waals surface area contributed by atoms with Gasteiger partial charge in [0.25, 0.3) is 23.6 Å². The lowest BCUT2D eigenvalue weighted by Crippen LogP contribution is -2.32. The number of nitrogens with one attached hydrogen (secondary N) is 4. The van der Waals surface area contributed by atoms with Crippen LogP contribution in [0.3, 0.4) is 0 Å². The van der Waals surface area contributed by atoms with Crippen molar-refractivity contribution in [3.05, 3.63) is 135 Å². The average molecular weight is 995 g/mol. The van der Waals surface area contributed by atoms with Crippen molar-refractivity contribution in [3.63, 3.8) is 0 Å². The van der Waals surface area contributed by atoms with E-state index in [4.69, 9.17) is 62.7 Å². The van der Waals surface area contributed by atoms with Crippen LogP contribution in [-0.2, 0) is 19.2 Å². The Morgan fingerprint density at radius 2 is 0.970 bits per heavy atom. The number of para-hydroxylation sites is 2. The molecule has 5 unspecified atom stereocenters. The highest BCUT2D eigenvalue weighted by atomic mass is 35.5. The van der Waals surface area contributed by atoms with Crippen LogP contribution in [0.5, 0.6) is 5.75 Å². The molecular formula is C46H41Cl5N8O7. The van der Waals surface area contributed by atoms with Gasteiger partial charge in [0.15, 0.2) is 17.1 Å². The first-order chi connectivity index (χ1) is 31.4. The van der Waals surface area contributed by atoms with Crippen LogP contribution in [0.15, 0.2) is 124 Å². The molecule has 0 aromatic heterocycles. The molecule has 0 bridgehead atoms. The second-order valence-corrected chi connectivity index (χ2v) is 17.1. The SMILES string of the molecule is CC(=O)C(N=Nc1cccc(C(=O)Nc2ccccc2C(C)Cl)c1Cl)C(=O)Nc1ccc(NC(=O)C(N=Nc2cccc(C(=O)Nc3ccccc3C(C)Cl)c2Cl)C(C)=O)c(OC(C)Cl)c1. The van der Waals surface area contributed by atoms with E-state index in [1.807, 2.05) is 0 Å². The van der Waals surface area contributed by atoms with Gasteiger partial charge in [0, 0.05) is 23.1 Å². The van der Waals surface area contributed by atoms with Gasteiger partial charge in [0.2, 0.25) is 12.1 Å². The molecule has 0 saturated heterocycles. The first-order valence-electron chi connectivity index (χ1n) is 19.9. The van der Waals surface area contributed by atoms with Gasteiger partial charge in [-0.3, -0.25) is 28.8 Å². The Kier molecular flexibility index (Phi) is 17.9. The molecule has 0 fully saturated rings. The molecule has 0 aliphatic heterocycles. The molecular weight excluding hydrogens is 954 g/mol. The lowest BCUT2D eigenvalue weighted by Gasteiger charge is -2.17. The van der Waals surface area contributed by atoms with Crippen LogP contribution >= 0.6 is 58.0 Å². The molecule has 4 N–H and O–H groups in total. The molecule has 0 radical (unpaired) electrons. The van der Waals surface area contributed by atoms with E-state index in [0.717, 1.165) is 13.8 Å². The third kappa shape index (κ3) is 13.2. The van der Waals surface area contributed by atoms with Gasteiger partial charge in [-0.1, -0.05) is 83.3 Å². The number of ketones is 2. The quantitative estimate of drug-likeness (QED) is 0.0379. The van der Waals surface area contributed by atoms with Gasteiger partial charge < -0.3 is 26.0 Å². The second-order valence-electron chi connectivity index (χ2n) is 14.4. The predicted molar refractivity (Wildman–Crippen MR) is 258 cm³/mol. The van der Waals surface area contributed by atoms with Gasteiger partial charge in [-0.05, 0) is 94.3 Å². The summed E-state index contributed by atoms with van der Waals surface area (Å²) in [6.07, 6.45) is 0. The van der Waals surface area contributed by atoms with Gasteiger partial charge in [-0.15, -0.1) is 23.2 Å².